The van der Waals surface area contributed by atoms with E-state index >= 15 is 0 Å². The number of hydrogen-bond donors (Lipinski definition) is 1. The zero-order chi connectivity index (χ0) is 13.0. The average Bonchev–Trinajstić information content (AvgIpc) is 2.86. The number of hydrogen-bond acceptors (Lipinski definition) is 2. The molecule has 0 radical (unpaired) electrons. The minimum atomic E-state index is 0.0710. The summed E-state index contributed by atoms with van der Waals surface area (Å²) in [7, 11) is 0. The van der Waals surface area contributed by atoms with Gasteiger partial charge in [0.25, 0.3) is 0 Å². The number of halogens is 1. The minimum Gasteiger partial charge on any atom is -0.339 e. The molecule has 4 heteroatoms. The van der Waals surface area contributed by atoms with Crippen LogP contribution in [0.2, 0.25) is 0 Å². The molecule has 1 unspecified atom stereocenters. The standard InChI is InChI=1S/C14H17BrN2O/c15-13-4-2-1-3-12(13)5-6-14(18)17-8-7-11(9-16)10-17/h1-6,11H,7-10,16H2. The van der Waals surface area contributed by atoms with Crippen LogP contribution in [0.25, 0.3) is 6.08 Å². The summed E-state index contributed by atoms with van der Waals surface area (Å²) >= 11 is 3.46. The Kier molecular flexibility index (Phi) is 4.55. The molecule has 3 nitrogen and oxygen atoms in total. The predicted octanol–water partition coefficient (Wildman–Crippen LogP) is 2.27. The molecule has 0 spiro atoms. The van der Waals surface area contributed by atoms with Gasteiger partial charge < -0.3 is 10.6 Å². The summed E-state index contributed by atoms with van der Waals surface area (Å²) in [5.74, 6) is 0.535. The molecule has 2 rings (SSSR count). The van der Waals surface area contributed by atoms with Crippen LogP contribution in [0.1, 0.15) is 12.0 Å². The van der Waals surface area contributed by atoms with Gasteiger partial charge in [0.1, 0.15) is 0 Å². The van der Waals surface area contributed by atoms with Crippen LogP contribution in [0, 0.1) is 5.92 Å². The van der Waals surface area contributed by atoms with Crippen LogP contribution in [-0.4, -0.2) is 30.4 Å². The molecule has 1 heterocycles. The molecule has 0 bridgehead atoms. The predicted molar refractivity (Wildman–Crippen MR) is 76.9 cm³/mol. The number of nitrogens with two attached hydrogens (primary N) is 1. The lowest BCUT2D eigenvalue weighted by Crippen LogP contribution is -2.28. The van der Waals surface area contributed by atoms with E-state index in [-0.39, 0.29) is 5.91 Å². The third-order valence-corrected chi connectivity index (χ3v) is 3.96. The van der Waals surface area contributed by atoms with Gasteiger partial charge in [-0.2, -0.15) is 0 Å². The van der Waals surface area contributed by atoms with Gasteiger partial charge in [0.05, 0.1) is 0 Å². The Morgan fingerprint density at radius 3 is 2.94 bits per heavy atom. The van der Waals surface area contributed by atoms with Crippen molar-refractivity contribution in [2.24, 2.45) is 11.7 Å². The number of amides is 1. The smallest absolute Gasteiger partial charge is 0.246 e. The van der Waals surface area contributed by atoms with Crippen molar-refractivity contribution in [2.45, 2.75) is 6.42 Å². The van der Waals surface area contributed by atoms with E-state index in [9.17, 15) is 4.79 Å². The van der Waals surface area contributed by atoms with E-state index in [2.05, 4.69) is 15.9 Å². The maximum atomic E-state index is 12.0. The topological polar surface area (TPSA) is 46.3 Å². The molecule has 0 saturated carbocycles. The summed E-state index contributed by atoms with van der Waals surface area (Å²) in [6.07, 6.45) is 4.51. The molecule has 18 heavy (non-hydrogen) atoms. The molecule has 96 valence electrons. The van der Waals surface area contributed by atoms with Crippen molar-refractivity contribution in [3.8, 4) is 0 Å². The average molecular weight is 309 g/mol. The molecule has 1 aromatic carbocycles. The zero-order valence-corrected chi connectivity index (χ0v) is 11.8. The lowest BCUT2D eigenvalue weighted by atomic mass is 10.1. The number of likely N-dealkylation sites (tertiary alicyclic amines) is 1. The van der Waals surface area contributed by atoms with Gasteiger partial charge in [-0.05, 0) is 36.6 Å². The number of carbonyl (C=O) groups excluding carboxylic acids is 1. The van der Waals surface area contributed by atoms with Gasteiger partial charge in [0.2, 0.25) is 5.91 Å². The zero-order valence-electron chi connectivity index (χ0n) is 10.2. The van der Waals surface area contributed by atoms with Gasteiger partial charge in [-0.25, -0.2) is 0 Å². The van der Waals surface area contributed by atoms with Gasteiger partial charge in [-0.1, -0.05) is 34.1 Å². The Hall–Kier alpha value is -1.13. The second-order valence-electron chi connectivity index (χ2n) is 4.53. The van der Waals surface area contributed by atoms with E-state index in [0.717, 1.165) is 29.5 Å². The summed E-state index contributed by atoms with van der Waals surface area (Å²) in [6.45, 7) is 2.27. The van der Waals surface area contributed by atoms with E-state index < -0.39 is 0 Å². The molecule has 0 aromatic heterocycles. The Morgan fingerprint density at radius 1 is 1.50 bits per heavy atom. The summed E-state index contributed by atoms with van der Waals surface area (Å²) in [6, 6.07) is 7.84. The highest BCUT2D eigenvalue weighted by Crippen LogP contribution is 2.18. The minimum absolute atomic E-state index is 0.0710. The highest BCUT2D eigenvalue weighted by Gasteiger charge is 2.23. The molecule has 1 aliphatic rings. The van der Waals surface area contributed by atoms with E-state index in [0.29, 0.717) is 12.5 Å². The third-order valence-electron chi connectivity index (χ3n) is 3.24. The van der Waals surface area contributed by atoms with E-state index in [4.69, 9.17) is 5.73 Å². The molecule has 2 N–H and O–H groups in total. The van der Waals surface area contributed by atoms with Crippen molar-refractivity contribution < 1.29 is 4.79 Å². The van der Waals surface area contributed by atoms with Crippen molar-refractivity contribution in [1.82, 2.24) is 4.90 Å². The Labute approximate surface area is 116 Å². The number of nitrogens with zero attached hydrogens (tertiary/aromatic N) is 1. The van der Waals surface area contributed by atoms with E-state index in [1.807, 2.05) is 35.2 Å². The maximum Gasteiger partial charge on any atom is 0.246 e. The number of carbonyl (C=O) groups is 1. The molecule has 1 amide bonds. The van der Waals surface area contributed by atoms with Crippen molar-refractivity contribution in [1.29, 1.82) is 0 Å². The Morgan fingerprint density at radius 2 is 2.28 bits per heavy atom. The molecule has 1 fully saturated rings. The molecule has 1 atom stereocenters. The van der Waals surface area contributed by atoms with Crippen LogP contribution in [0.4, 0.5) is 0 Å². The highest BCUT2D eigenvalue weighted by molar-refractivity contribution is 9.10. The summed E-state index contributed by atoms with van der Waals surface area (Å²) in [5.41, 5.74) is 6.63. The van der Waals surface area contributed by atoms with Gasteiger partial charge in [0.15, 0.2) is 0 Å². The first kappa shape index (κ1) is 13.3. The second-order valence-corrected chi connectivity index (χ2v) is 5.38. The SMILES string of the molecule is NCC1CCN(C(=O)C=Cc2ccccc2Br)C1. The normalized spacial score (nSPS) is 19.7. The van der Waals surface area contributed by atoms with E-state index in [1.54, 1.807) is 6.08 Å². The largest absolute Gasteiger partial charge is 0.339 e. The van der Waals surface area contributed by atoms with Crippen molar-refractivity contribution >= 4 is 27.9 Å². The molecule has 1 aliphatic heterocycles. The summed E-state index contributed by atoms with van der Waals surface area (Å²) in [5, 5.41) is 0. The van der Waals surface area contributed by atoms with Crippen molar-refractivity contribution in [3.63, 3.8) is 0 Å². The first-order chi connectivity index (χ1) is 8.70. The summed E-state index contributed by atoms with van der Waals surface area (Å²) in [4.78, 5) is 13.8. The fourth-order valence-corrected chi connectivity index (χ4v) is 2.52. The third kappa shape index (κ3) is 3.21. The van der Waals surface area contributed by atoms with Crippen molar-refractivity contribution in [3.05, 3.63) is 40.4 Å². The maximum absolute atomic E-state index is 12.0. The highest BCUT2D eigenvalue weighted by atomic mass is 79.9. The van der Waals surface area contributed by atoms with Gasteiger partial charge in [-0.3, -0.25) is 4.79 Å². The monoisotopic (exact) mass is 308 g/mol. The molecule has 0 aliphatic carbocycles. The van der Waals surface area contributed by atoms with Crippen LogP contribution in [0.15, 0.2) is 34.8 Å². The van der Waals surface area contributed by atoms with E-state index in [1.165, 1.54) is 0 Å². The number of benzene rings is 1. The van der Waals surface area contributed by atoms with Gasteiger partial charge in [0, 0.05) is 23.6 Å². The van der Waals surface area contributed by atoms with Crippen LogP contribution in [-0.2, 0) is 4.79 Å². The quantitative estimate of drug-likeness (QED) is 0.871. The molecule has 1 saturated heterocycles. The summed E-state index contributed by atoms with van der Waals surface area (Å²) < 4.78 is 0.996. The number of rotatable bonds is 3. The van der Waals surface area contributed by atoms with Crippen LogP contribution in [0.3, 0.4) is 0 Å². The van der Waals surface area contributed by atoms with Crippen LogP contribution < -0.4 is 5.73 Å². The van der Waals surface area contributed by atoms with Crippen LogP contribution >= 0.6 is 15.9 Å². The fraction of sp³-hybridized carbons (Fsp3) is 0.357. The Balaban J connectivity index is 1.98. The second kappa shape index (κ2) is 6.16. The Bertz CT molecular complexity index is 459. The van der Waals surface area contributed by atoms with Gasteiger partial charge in [-0.15, -0.1) is 0 Å². The lowest BCUT2D eigenvalue weighted by Gasteiger charge is -2.13. The van der Waals surface area contributed by atoms with Gasteiger partial charge >= 0.3 is 0 Å². The van der Waals surface area contributed by atoms with Crippen molar-refractivity contribution in [2.75, 3.05) is 19.6 Å². The molecule has 1 aromatic rings. The first-order valence-electron chi connectivity index (χ1n) is 6.12. The first-order valence-corrected chi connectivity index (χ1v) is 6.91. The van der Waals surface area contributed by atoms with Crippen LogP contribution in [0.5, 0.6) is 0 Å². The molecular weight excluding hydrogens is 292 g/mol. The molecular formula is C14H17BrN2O. The fourth-order valence-electron chi connectivity index (χ4n) is 2.10. The lowest BCUT2D eigenvalue weighted by molar-refractivity contribution is -0.125.